The lowest BCUT2D eigenvalue weighted by Gasteiger charge is -2.17. The van der Waals surface area contributed by atoms with Crippen molar-refractivity contribution >= 4 is 11.9 Å². The first-order chi connectivity index (χ1) is 13.3. The number of carbonyl (C=O) groups is 2. The summed E-state index contributed by atoms with van der Waals surface area (Å²) in [6.07, 6.45) is 0. The molecule has 2 N–H and O–H groups in total. The number of likely N-dealkylation sites (N-methyl/N-ethyl adjacent to an activating group) is 1. The lowest BCUT2D eigenvalue weighted by Crippen LogP contribution is -2.29. The highest BCUT2D eigenvalue weighted by Crippen LogP contribution is 2.22. The summed E-state index contributed by atoms with van der Waals surface area (Å²) in [5, 5.41) is 12.3. The minimum atomic E-state index is -1.27. The number of amides is 1. The van der Waals surface area contributed by atoms with Gasteiger partial charge in [-0.1, -0.05) is 18.2 Å². The van der Waals surface area contributed by atoms with E-state index in [0.29, 0.717) is 11.3 Å². The van der Waals surface area contributed by atoms with E-state index in [2.05, 4.69) is 5.32 Å². The van der Waals surface area contributed by atoms with Crippen LogP contribution in [0.1, 0.15) is 17.0 Å². The van der Waals surface area contributed by atoms with Crippen molar-refractivity contribution < 1.29 is 28.2 Å². The number of halogens is 2. The number of carboxylic acids is 1. The summed E-state index contributed by atoms with van der Waals surface area (Å²) in [5.74, 6) is -3.71. The van der Waals surface area contributed by atoms with Gasteiger partial charge in [-0.15, -0.1) is 0 Å². The molecular formula is C20H22F2N2O4. The van der Waals surface area contributed by atoms with Crippen LogP contribution in [0.2, 0.25) is 0 Å². The molecule has 0 aliphatic carbocycles. The van der Waals surface area contributed by atoms with Crippen molar-refractivity contribution in [2.75, 3.05) is 27.2 Å². The highest BCUT2D eigenvalue weighted by molar-refractivity contribution is 5.77. The van der Waals surface area contributed by atoms with Gasteiger partial charge in [-0.3, -0.25) is 9.59 Å². The van der Waals surface area contributed by atoms with E-state index in [9.17, 15) is 23.5 Å². The van der Waals surface area contributed by atoms with Crippen LogP contribution in [-0.2, 0) is 16.1 Å². The van der Waals surface area contributed by atoms with Gasteiger partial charge in [0.25, 0.3) is 5.91 Å². The molecule has 2 aromatic carbocycles. The molecule has 0 radical (unpaired) electrons. The Labute approximate surface area is 161 Å². The maximum absolute atomic E-state index is 13.9. The first kappa shape index (κ1) is 21.3. The van der Waals surface area contributed by atoms with Gasteiger partial charge in [-0.2, -0.15) is 0 Å². The molecule has 0 saturated heterocycles. The van der Waals surface area contributed by atoms with Crippen molar-refractivity contribution in [3.05, 3.63) is 65.2 Å². The summed E-state index contributed by atoms with van der Waals surface area (Å²) in [5.41, 5.74) is 0.485. The van der Waals surface area contributed by atoms with Gasteiger partial charge in [-0.25, -0.2) is 8.78 Å². The average molecular weight is 392 g/mol. The zero-order chi connectivity index (χ0) is 20.7. The Morgan fingerprint density at radius 2 is 1.89 bits per heavy atom. The van der Waals surface area contributed by atoms with Crippen LogP contribution in [-0.4, -0.2) is 49.1 Å². The molecule has 0 saturated carbocycles. The van der Waals surface area contributed by atoms with Crippen molar-refractivity contribution in [3.63, 3.8) is 0 Å². The van der Waals surface area contributed by atoms with Gasteiger partial charge >= 0.3 is 5.97 Å². The first-order valence-electron chi connectivity index (χ1n) is 8.59. The van der Waals surface area contributed by atoms with E-state index in [-0.39, 0.29) is 31.2 Å². The summed E-state index contributed by atoms with van der Waals surface area (Å²) in [7, 11) is 3.24. The van der Waals surface area contributed by atoms with Crippen LogP contribution in [0.5, 0.6) is 5.75 Å². The fraction of sp³-hybridized carbons (Fsp3) is 0.300. The van der Waals surface area contributed by atoms with E-state index < -0.39 is 23.5 Å². The number of benzene rings is 2. The van der Waals surface area contributed by atoms with E-state index in [1.54, 1.807) is 38.4 Å². The Kier molecular flexibility index (Phi) is 7.45. The number of rotatable bonds is 9. The number of carboxylic acid groups (broad SMARTS) is 1. The molecule has 0 aliphatic rings. The molecule has 8 heteroatoms. The van der Waals surface area contributed by atoms with E-state index >= 15 is 0 Å². The minimum absolute atomic E-state index is 0.110. The molecule has 0 bridgehead atoms. The molecule has 0 spiro atoms. The Hall–Kier alpha value is -3.00. The van der Waals surface area contributed by atoms with Gasteiger partial charge < -0.3 is 20.1 Å². The quantitative estimate of drug-likeness (QED) is 0.685. The Morgan fingerprint density at radius 3 is 2.57 bits per heavy atom. The number of para-hydroxylation sites is 1. The average Bonchev–Trinajstić information content (AvgIpc) is 2.66. The molecule has 0 heterocycles. The number of nitrogens with one attached hydrogen (secondary N) is 1. The van der Waals surface area contributed by atoms with Crippen molar-refractivity contribution in [2.24, 2.45) is 0 Å². The van der Waals surface area contributed by atoms with Crippen molar-refractivity contribution in [3.8, 4) is 5.75 Å². The van der Waals surface area contributed by atoms with Gasteiger partial charge in [0.15, 0.2) is 6.61 Å². The first-order valence-corrected chi connectivity index (χ1v) is 8.59. The normalized spacial score (nSPS) is 11.7. The third-order valence-electron chi connectivity index (χ3n) is 4.12. The lowest BCUT2D eigenvalue weighted by molar-refractivity contribution is -0.138. The standard InChI is InChI=1S/C20H22F2N2O4/c1-24(2)19(25)12-28-18-6-4-3-5-13(18)10-23-11-16(20(26)27)15-9-14(21)7-8-17(15)22/h3-9,16,23H,10-12H2,1-2H3,(H,26,27). The van der Waals surface area contributed by atoms with E-state index in [1.807, 2.05) is 0 Å². The van der Waals surface area contributed by atoms with Crippen LogP contribution in [0.4, 0.5) is 8.78 Å². The van der Waals surface area contributed by atoms with Gasteiger partial charge in [0.1, 0.15) is 17.4 Å². The topological polar surface area (TPSA) is 78.9 Å². The van der Waals surface area contributed by atoms with Gasteiger partial charge in [-0.05, 0) is 24.3 Å². The fourth-order valence-electron chi connectivity index (χ4n) is 2.52. The second kappa shape index (κ2) is 9.80. The summed E-state index contributed by atoms with van der Waals surface area (Å²) in [6.45, 7) is -0.00994. The third kappa shape index (κ3) is 5.75. The van der Waals surface area contributed by atoms with E-state index in [4.69, 9.17) is 4.74 Å². The Bertz CT molecular complexity index is 843. The molecule has 2 rings (SSSR count). The second-order valence-electron chi connectivity index (χ2n) is 6.37. The number of hydrogen-bond donors (Lipinski definition) is 2. The smallest absolute Gasteiger partial charge is 0.312 e. The number of nitrogens with zero attached hydrogens (tertiary/aromatic N) is 1. The molecule has 1 atom stereocenters. The van der Waals surface area contributed by atoms with Crippen LogP contribution in [0.25, 0.3) is 0 Å². The molecule has 0 aromatic heterocycles. The zero-order valence-electron chi connectivity index (χ0n) is 15.6. The van der Waals surface area contributed by atoms with Crippen LogP contribution in [0, 0.1) is 11.6 Å². The maximum Gasteiger partial charge on any atom is 0.312 e. The fourth-order valence-corrected chi connectivity index (χ4v) is 2.52. The summed E-state index contributed by atoms with van der Waals surface area (Å²) >= 11 is 0. The molecule has 150 valence electrons. The van der Waals surface area contributed by atoms with Crippen LogP contribution >= 0.6 is 0 Å². The SMILES string of the molecule is CN(C)C(=O)COc1ccccc1CNCC(C(=O)O)c1cc(F)ccc1F. The Morgan fingerprint density at radius 1 is 1.18 bits per heavy atom. The van der Waals surface area contributed by atoms with E-state index in [1.165, 1.54) is 4.90 Å². The highest BCUT2D eigenvalue weighted by atomic mass is 19.1. The van der Waals surface area contributed by atoms with Crippen molar-refractivity contribution in [2.45, 2.75) is 12.5 Å². The molecule has 1 unspecified atom stereocenters. The second-order valence-corrected chi connectivity index (χ2v) is 6.37. The molecule has 2 aromatic rings. The van der Waals surface area contributed by atoms with Crippen LogP contribution < -0.4 is 10.1 Å². The molecule has 0 fully saturated rings. The van der Waals surface area contributed by atoms with E-state index in [0.717, 1.165) is 18.2 Å². The lowest BCUT2D eigenvalue weighted by atomic mass is 9.98. The minimum Gasteiger partial charge on any atom is -0.483 e. The van der Waals surface area contributed by atoms with Crippen LogP contribution in [0.15, 0.2) is 42.5 Å². The van der Waals surface area contributed by atoms with Gasteiger partial charge in [0, 0.05) is 38.3 Å². The zero-order valence-corrected chi connectivity index (χ0v) is 15.6. The number of aliphatic carboxylic acids is 1. The Balaban J connectivity index is 2.04. The third-order valence-corrected chi connectivity index (χ3v) is 4.12. The predicted molar refractivity (Wildman–Crippen MR) is 99.1 cm³/mol. The monoisotopic (exact) mass is 392 g/mol. The molecule has 0 aliphatic heterocycles. The maximum atomic E-state index is 13.9. The van der Waals surface area contributed by atoms with Crippen molar-refractivity contribution in [1.82, 2.24) is 10.2 Å². The molecule has 6 nitrogen and oxygen atoms in total. The van der Waals surface area contributed by atoms with Gasteiger partial charge in [0.05, 0.1) is 5.92 Å². The largest absolute Gasteiger partial charge is 0.483 e. The highest BCUT2D eigenvalue weighted by Gasteiger charge is 2.23. The predicted octanol–water partition coefficient (Wildman–Crippen LogP) is 2.39. The summed E-state index contributed by atoms with van der Waals surface area (Å²) in [4.78, 5) is 24.6. The molecule has 1 amide bonds. The molecular weight excluding hydrogens is 370 g/mol. The van der Waals surface area contributed by atoms with Gasteiger partial charge in [0.2, 0.25) is 0 Å². The summed E-state index contributed by atoms with van der Waals surface area (Å²) in [6, 6.07) is 9.72. The number of hydrogen-bond acceptors (Lipinski definition) is 4. The number of ether oxygens (including phenoxy) is 1. The summed E-state index contributed by atoms with van der Waals surface area (Å²) < 4.78 is 32.8. The van der Waals surface area contributed by atoms with Crippen LogP contribution in [0.3, 0.4) is 0 Å². The van der Waals surface area contributed by atoms with Crippen molar-refractivity contribution in [1.29, 1.82) is 0 Å². The molecule has 28 heavy (non-hydrogen) atoms. The number of carbonyl (C=O) groups excluding carboxylic acids is 1.